The summed E-state index contributed by atoms with van der Waals surface area (Å²) in [4.78, 5) is 17.3. The number of halogens is 1. The molecule has 2 aliphatic rings. The highest BCUT2D eigenvalue weighted by atomic mass is 35.5. The largest absolute Gasteiger partial charge is 0.341 e. The van der Waals surface area contributed by atoms with Gasteiger partial charge < -0.3 is 10.2 Å². The van der Waals surface area contributed by atoms with E-state index in [2.05, 4.69) is 44.8 Å². The number of hydrogen-bond acceptors (Lipinski definition) is 4. The molecule has 2 aromatic rings. The Kier molecular flexibility index (Phi) is 5.76. The molecule has 0 spiro atoms. The van der Waals surface area contributed by atoms with Crippen LogP contribution < -0.4 is 5.32 Å². The topological polar surface area (TPSA) is 35.6 Å². The Morgan fingerprint density at radius 1 is 1.21 bits per heavy atom. The van der Waals surface area contributed by atoms with E-state index in [4.69, 9.17) is 0 Å². The molecule has 2 fully saturated rings. The third kappa shape index (κ3) is 3.59. The molecule has 3 heterocycles. The Balaban J connectivity index is 0.00000169. The van der Waals surface area contributed by atoms with Crippen LogP contribution in [0.5, 0.6) is 0 Å². The van der Waals surface area contributed by atoms with Crippen LogP contribution in [-0.2, 0) is 11.2 Å². The van der Waals surface area contributed by atoms with E-state index in [9.17, 15) is 4.79 Å². The van der Waals surface area contributed by atoms with Gasteiger partial charge in [-0.1, -0.05) is 18.2 Å². The molecule has 0 aliphatic carbocycles. The van der Waals surface area contributed by atoms with Crippen LogP contribution in [0.4, 0.5) is 0 Å². The van der Waals surface area contributed by atoms with Gasteiger partial charge in [0, 0.05) is 50.0 Å². The summed E-state index contributed by atoms with van der Waals surface area (Å²) in [6, 6.07) is 8.93. The van der Waals surface area contributed by atoms with Crippen LogP contribution in [0, 0.1) is 0 Å². The number of amides is 1. The van der Waals surface area contributed by atoms with Crippen LogP contribution >= 0.6 is 23.7 Å². The number of nitrogens with one attached hydrogen (secondary N) is 1. The van der Waals surface area contributed by atoms with E-state index in [0.717, 1.165) is 45.7 Å². The van der Waals surface area contributed by atoms with E-state index in [0.29, 0.717) is 12.5 Å². The molecular formula is C18H24ClN3OS. The lowest BCUT2D eigenvalue weighted by atomic mass is 10.1. The van der Waals surface area contributed by atoms with Gasteiger partial charge in [0.25, 0.3) is 0 Å². The van der Waals surface area contributed by atoms with Crippen molar-refractivity contribution in [1.82, 2.24) is 15.1 Å². The summed E-state index contributed by atoms with van der Waals surface area (Å²) in [5.74, 6) is 0.284. The van der Waals surface area contributed by atoms with Gasteiger partial charge in [-0.05, 0) is 28.8 Å². The van der Waals surface area contributed by atoms with Gasteiger partial charge in [-0.2, -0.15) is 0 Å². The molecule has 1 atom stereocenters. The van der Waals surface area contributed by atoms with Gasteiger partial charge >= 0.3 is 0 Å². The van der Waals surface area contributed by atoms with Crippen LogP contribution in [0.3, 0.4) is 0 Å². The monoisotopic (exact) mass is 365 g/mol. The van der Waals surface area contributed by atoms with E-state index in [-0.39, 0.29) is 18.3 Å². The maximum atomic E-state index is 12.7. The molecule has 4 rings (SSSR count). The van der Waals surface area contributed by atoms with E-state index >= 15 is 0 Å². The van der Waals surface area contributed by atoms with Crippen molar-refractivity contribution < 1.29 is 4.79 Å². The first-order valence-electron chi connectivity index (χ1n) is 8.49. The molecule has 1 aromatic carbocycles. The third-order valence-electron chi connectivity index (χ3n) is 5.09. The molecule has 6 heteroatoms. The minimum atomic E-state index is 0. The summed E-state index contributed by atoms with van der Waals surface area (Å²) < 4.78 is 1.27. The Bertz CT molecular complexity index is 698. The first kappa shape index (κ1) is 17.7. The number of thiophene rings is 1. The zero-order chi connectivity index (χ0) is 15.6. The smallest absolute Gasteiger partial charge is 0.227 e. The molecule has 2 saturated heterocycles. The lowest BCUT2D eigenvalue weighted by Gasteiger charge is -2.32. The molecule has 4 nitrogen and oxygen atoms in total. The van der Waals surface area contributed by atoms with Gasteiger partial charge in [0.1, 0.15) is 0 Å². The molecule has 0 radical (unpaired) electrons. The van der Waals surface area contributed by atoms with Crippen molar-refractivity contribution in [2.45, 2.75) is 18.9 Å². The maximum Gasteiger partial charge on any atom is 0.227 e. The van der Waals surface area contributed by atoms with Gasteiger partial charge in [0.05, 0.1) is 6.42 Å². The molecule has 24 heavy (non-hydrogen) atoms. The van der Waals surface area contributed by atoms with Crippen molar-refractivity contribution in [3.05, 3.63) is 35.2 Å². The average Bonchev–Trinajstić information content (AvgIpc) is 3.24. The van der Waals surface area contributed by atoms with E-state index in [1.165, 1.54) is 15.6 Å². The molecular weight excluding hydrogens is 342 g/mol. The number of rotatable bonds is 3. The second-order valence-electron chi connectivity index (χ2n) is 6.50. The fourth-order valence-electron chi connectivity index (χ4n) is 3.76. The molecule has 1 unspecified atom stereocenters. The zero-order valence-corrected chi connectivity index (χ0v) is 15.4. The van der Waals surface area contributed by atoms with Crippen molar-refractivity contribution in [2.24, 2.45) is 0 Å². The minimum absolute atomic E-state index is 0. The van der Waals surface area contributed by atoms with Crippen molar-refractivity contribution >= 4 is 39.7 Å². The van der Waals surface area contributed by atoms with Crippen molar-refractivity contribution in [1.29, 1.82) is 0 Å². The number of nitrogens with zero attached hydrogens (tertiary/aromatic N) is 2. The summed E-state index contributed by atoms with van der Waals surface area (Å²) in [6.45, 7) is 6.19. The predicted octanol–water partition coefficient (Wildman–Crippen LogP) is 2.37. The highest BCUT2D eigenvalue weighted by Gasteiger charge is 2.30. The van der Waals surface area contributed by atoms with Crippen LogP contribution in [0.2, 0.25) is 0 Å². The first-order valence-corrected chi connectivity index (χ1v) is 9.37. The van der Waals surface area contributed by atoms with Crippen molar-refractivity contribution in [3.63, 3.8) is 0 Å². The third-order valence-corrected chi connectivity index (χ3v) is 6.10. The van der Waals surface area contributed by atoms with E-state index < -0.39 is 0 Å². The highest BCUT2D eigenvalue weighted by Crippen LogP contribution is 2.27. The fraction of sp³-hybridized carbons (Fsp3) is 0.500. The number of benzene rings is 1. The molecule has 0 saturated carbocycles. The Morgan fingerprint density at radius 2 is 2.00 bits per heavy atom. The van der Waals surface area contributed by atoms with Crippen molar-refractivity contribution in [3.8, 4) is 0 Å². The number of carbonyl (C=O) groups excluding carboxylic acids is 1. The van der Waals surface area contributed by atoms with Gasteiger partial charge in [0.2, 0.25) is 5.91 Å². The van der Waals surface area contributed by atoms with Crippen LogP contribution in [-0.4, -0.2) is 61.0 Å². The van der Waals surface area contributed by atoms with Crippen molar-refractivity contribution in [2.75, 3.05) is 39.3 Å². The number of piperazine rings is 1. The van der Waals surface area contributed by atoms with Gasteiger partial charge in [0.15, 0.2) is 0 Å². The summed E-state index contributed by atoms with van der Waals surface area (Å²) >= 11 is 1.74. The average molecular weight is 366 g/mol. The summed E-state index contributed by atoms with van der Waals surface area (Å²) in [7, 11) is 0. The van der Waals surface area contributed by atoms with Crippen LogP contribution in [0.15, 0.2) is 29.6 Å². The second kappa shape index (κ2) is 7.83. The minimum Gasteiger partial charge on any atom is -0.341 e. The summed E-state index contributed by atoms with van der Waals surface area (Å²) in [5.41, 5.74) is 1.18. The van der Waals surface area contributed by atoms with Gasteiger partial charge in [-0.25, -0.2) is 0 Å². The standard InChI is InChI=1S/C18H23N3OS.ClH/c22-18(11-14-13-23-17-4-2-1-3-16(14)17)21-8-5-15(12-21)20-9-6-19-7-10-20;/h1-4,13,15,19H,5-12H2;1H. The number of fused-ring (bicyclic) bond motifs is 1. The van der Waals surface area contributed by atoms with E-state index in [1.54, 1.807) is 11.3 Å². The Hall–Kier alpha value is -1.14. The van der Waals surface area contributed by atoms with Crippen LogP contribution in [0.1, 0.15) is 12.0 Å². The summed E-state index contributed by atoms with van der Waals surface area (Å²) in [5, 5.41) is 6.78. The van der Waals surface area contributed by atoms with Gasteiger partial charge in [-0.15, -0.1) is 23.7 Å². The number of hydrogen-bond donors (Lipinski definition) is 1. The van der Waals surface area contributed by atoms with Gasteiger partial charge in [-0.3, -0.25) is 9.69 Å². The lowest BCUT2D eigenvalue weighted by molar-refractivity contribution is -0.129. The zero-order valence-electron chi connectivity index (χ0n) is 13.7. The Labute approximate surface area is 153 Å². The molecule has 2 aliphatic heterocycles. The molecule has 130 valence electrons. The summed E-state index contributed by atoms with van der Waals surface area (Å²) in [6.07, 6.45) is 1.66. The SMILES string of the molecule is Cl.O=C(Cc1csc2ccccc12)N1CCC(N2CCNCC2)C1. The van der Waals surface area contributed by atoms with Crippen LogP contribution in [0.25, 0.3) is 10.1 Å². The molecule has 1 amide bonds. The number of carbonyl (C=O) groups is 1. The maximum absolute atomic E-state index is 12.7. The second-order valence-corrected chi connectivity index (χ2v) is 7.41. The highest BCUT2D eigenvalue weighted by molar-refractivity contribution is 7.17. The normalized spacial score (nSPS) is 21.8. The number of likely N-dealkylation sites (tertiary alicyclic amines) is 1. The lowest BCUT2D eigenvalue weighted by Crippen LogP contribution is -2.49. The fourth-order valence-corrected chi connectivity index (χ4v) is 4.72. The molecule has 0 bridgehead atoms. The first-order chi connectivity index (χ1) is 11.3. The Morgan fingerprint density at radius 3 is 2.83 bits per heavy atom. The quantitative estimate of drug-likeness (QED) is 0.907. The predicted molar refractivity (Wildman–Crippen MR) is 102 cm³/mol. The molecule has 1 N–H and O–H groups in total. The van der Waals surface area contributed by atoms with E-state index in [1.807, 2.05) is 0 Å². The molecule has 1 aromatic heterocycles.